The molecule has 2 rings (SSSR count). The van der Waals surface area contributed by atoms with Crippen LogP contribution in [-0.2, 0) is 12.8 Å². The van der Waals surface area contributed by atoms with Crippen molar-refractivity contribution in [1.29, 1.82) is 0 Å². The zero-order chi connectivity index (χ0) is 12.3. The Morgan fingerprint density at radius 1 is 1.53 bits per heavy atom. The standard InChI is InChI=1S/C14H19FN2/c1-10(8-16)2-3-11-4-5-13(15)6-12(11)7-14-9-17-14/h4-6,8,14,17H,2-3,7,9,16H2,1H3/b10-8+. The Hall–Kier alpha value is -1.35. The van der Waals surface area contributed by atoms with Crippen molar-refractivity contribution in [3.8, 4) is 0 Å². The molecule has 1 aliphatic heterocycles. The summed E-state index contributed by atoms with van der Waals surface area (Å²) in [4.78, 5) is 0. The van der Waals surface area contributed by atoms with Gasteiger partial charge in [-0.25, -0.2) is 4.39 Å². The first-order valence-electron chi connectivity index (χ1n) is 6.07. The maximum absolute atomic E-state index is 13.2. The van der Waals surface area contributed by atoms with Gasteiger partial charge in [0.15, 0.2) is 0 Å². The minimum Gasteiger partial charge on any atom is -0.405 e. The van der Waals surface area contributed by atoms with E-state index in [1.807, 2.05) is 13.0 Å². The van der Waals surface area contributed by atoms with Gasteiger partial charge in [0.2, 0.25) is 0 Å². The van der Waals surface area contributed by atoms with Crippen LogP contribution in [-0.4, -0.2) is 12.6 Å². The molecular formula is C14H19FN2. The Morgan fingerprint density at radius 3 is 2.94 bits per heavy atom. The number of nitrogens with two attached hydrogens (primary N) is 1. The van der Waals surface area contributed by atoms with Gasteiger partial charge < -0.3 is 11.1 Å². The number of rotatable bonds is 5. The molecule has 3 N–H and O–H groups in total. The molecule has 1 saturated heterocycles. The second-order valence-electron chi connectivity index (χ2n) is 4.74. The molecule has 1 unspecified atom stereocenters. The number of benzene rings is 1. The van der Waals surface area contributed by atoms with Crippen molar-refractivity contribution < 1.29 is 4.39 Å². The smallest absolute Gasteiger partial charge is 0.123 e. The van der Waals surface area contributed by atoms with E-state index in [9.17, 15) is 4.39 Å². The highest BCUT2D eigenvalue weighted by Gasteiger charge is 2.21. The zero-order valence-corrected chi connectivity index (χ0v) is 10.2. The topological polar surface area (TPSA) is 48.0 Å². The molecule has 0 radical (unpaired) electrons. The third kappa shape index (κ3) is 3.56. The van der Waals surface area contributed by atoms with Crippen LogP contribution in [0.15, 0.2) is 30.0 Å². The molecule has 0 amide bonds. The molecule has 1 fully saturated rings. The fraction of sp³-hybridized carbons (Fsp3) is 0.429. The van der Waals surface area contributed by atoms with Gasteiger partial charge in [0.1, 0.15) is 5.82 Å². The molecule has 0 aliphatic carbocycles. The average Bonchev–Trinajstić information content (AvgIpc) is 3.11. The predicted octanol–water partition coefficient (Wildman–Crippen LogP) is 2.14. The van der Waals surface area contributed by atoms with Crippen LogP contribution in [0.25, 0.3) is 0 Å². The highest BCUT2D eigenvalue weighted by atomic mass is 19.1. The van der Waals surface area contributed by atoms with Gasteiger partial charge in [-0.3, -0.25) is 0 Å². The van der Waals surface area contributed by atoms with E-state index >= 15 is 0 Å². The van der Waals surface area contributed by atoms with Gasteiger partial charge in [0.05, 0.1) is 0 Å². The fourth-order valence-corrected chi connectivity index (χ4v) is 1.94. The maximum atomic E-state index is 13.2. The first kappa shape index (κ1) is 12.1. The van der Waals surface area contributed by atoms with Crippen LogP contribution < -0.4 is 11.1 Å². The molecule has 1 aromatic carbocycles. The summed E-state index contributed by atoms with van der Waals surface area (Å²) in [6.45, 7) is 3.07. The molecule has 1 heterocycles. The minimum atomic E-state index is -0.143. The molecule has 3 heteroatoms. The first-order valence-corrected chi connectivity index (χ1v) is 6.07. The van der Waals surface area contributed by atoms with Crippen molar-refractivity contribution in [2.75, 3.05) is 6.54 Å². The van der Waals surface area contributed by atoms with Crippen molar-refractivity contribution in [3.05, 3.63) is 46.9 Å². The molecule has 0 aromatic heterocycles. The Bertz CT molecular complexity index is 422. The van der Waals surface area contributed by atoms with Gasteiger partial charge >= 0.3 is 0 Å². The van der Waals surface area contributed by atoms with E-state index in [4.69, 9.17) is 5.73 Å². The van der Waals surface area contributed by atoms with Crippen molar-refractivity contribution in [2.45, 2.75) is 32.2 Å². The quantitative estimate of drug-likeness (QED) is 0.767. The van der Waals surface area contributed by atoms with E-state index in [1.165, 1.54) is 11.1 Å². The Morgan fingerprint density at radius 2 is 2.29 bits per heavy atom. The lowest BCUT2D eigenvalue weighted by Crippen LogP contribution is -2.02. The lowest BCUT2D eigenvalue weighted by molar-refractivity contribution is 0.623. The summed E-state index contributed by atoms with van der Waals surface area (Å²) in [6, 6.07) is 5.65. The number of halogens is 1. The number of hydrogen-bond acceptors (Lipinski definition) is 2. The number of allylic oxidation sites excluding steroid dienone is 1. The van der Waals surface area contributed by atoms with E-state index < -0.39 is 0 Å². The second-order valence-corrected chi connectivity index (χ2v) is 4.74. The SMILES string of the molecule is C/C(=C\N)CCc1ccc(F)cc1CC1CN1. The molecule has 17 heavy (non-hydrogen) atoms. The van der Waals surface area contributed by atoms with Crippen molar-refractivity contribution in [3.63, 3.8) is 0 Å². The van der Waals surface area contributed by atoms with Crippen molar-refractivity contribution in [2.24, 2.45) is 5.73 Å². The highest BCUT2D eigenvalue weighted by Crippen LogP contribution is 2.19. The minimum absolute atomic E-state index is 0.143. The zero-order valence-electron chi connectivity index (χ0n) is 10.2. The van der Waals surface area contributed by atoms with E-state index in [2.05, 4.69) is 5.32 Å². The van der Waals surface area contributed by atoms with Gasteiger partial charge in [-0.1, -0.05) is 11.6 Å². The first-order chi connectivity index (χ1) is 8.19. The molecule has 0 saturated carbocycles. The summed E-state index contributed by atoms with van der Waals surface area (Å²) in [7, 11) is 0. The third-order valence-corrected chi connectivity index (χ3v) is 3.20. The molecule has 0 bridgehead atoms. The van der Waals surface area contributed by atoms with Crippen LogP contribution in [0.1, 0.15) is 24.5 Å². The van der Waals surface area contributed by atoms with Crippen molar-refractivity contribution >= 4 is 0 Å². The van der Waals surface area contributed by atoms with Gasteiger partial charge in [0, 0.05) is 12.6 Å². The van der Waals surface area contributed by atoms with E-state index in [0.29, 0.717) is 6.04 Å². The summed E-state index contributed by atoms with van der Waals surface area (Å²) in [5.41, 5.74) is 8.99. The van der Waals surface area contributed by atoms with Crippen LogP contribution in [0.5, 0.6) is 0 Å². The Kier molecular flexibility index (Phi) is 3.79. The molecule has 92 valence electrons. The average molecular weight is 234 g/mol. The van der Waals surface area contributed by atoms with Gasteiger partial charge in [0.25, 0.3) is 0 Å². The van der Waals surface area contributed by atoms with Crippen LogP contribution in [0.3, 0.4) is 0 Å². The summed E-state index contributed by atoms with van der Waals surface area (Å²) in [5, 5.41) is 3.25. The predicted molar refractivity (Wildman–Crippen MR) is 68.2 cm³/mol. The van der Waals surface area contributed by atoms with Crippen molar-refractivity contribution in [1.82, 2.24) is 5.32 Å². The molecule has 1 aromatic rings. The normalized spacial score (nSPS) is 19.4. The summed E-state index contributed by atoms with van der Waals surface area (Å²) in [5.74, 6) is -0.143. The summed E-state index contributed by atoms with van der Waals surface area (Å²) < 4.78 is 13.2. The summed E-state index contributed by atoms with van der Waals surface area (Å²) in [6.07, 6.45) is 4.44. The molecular weight excluding hydrogens is 215 g/mol. The van der Waals surface area contributed by atoms with Gasteiger partial charge in [-0.05, 0) is 55.6 Å². The maximum Gasteiger partial charge on any atom is 0.123 e. The second kappa shape index (κ2) is 5.32. The lowest BCUT2D eigenvalue weighted by Gasteiger charge is -2.09. The fourth-order valence-electron chi connectivity index (χ4n) is 1.94. The number of aryl methyl sites for hydroxylation is 1. The summed E-state index contributed by atoms with van der Waals surface area (Å²) >= 11 is 0. The Labute approximate surface area is 102 Å². The van der Waals surface area contributed by atoms with E-state index in [0.717, 1.165) is 31.4 Å². The monoisotopic (exact) mass is 234 g/mol. The van der Waals surface area contributed by atoms with E-state index in [1.54, 1.807) is 18.3 Å². The number of hydrogen-bond donors (Lipinski definition) is 2. The van der Waals surface area contributed by atoms with Crippen LogP contribution in [0.4, 0.5) is 4.39 Å². The Balaban J connectivity index is 2.07. The molecule has 1 atom stereocenters. The molecule has 1 aliphatic rings. The van der Waals surface area contributed by atoms with Gasteiger partial charge in [-0.2, -0.15) is 0 Å². The molecule has 0 spiro atoms. The van der Waals surface area contributed by atoms with Crippen LogP contribution in [0, 0.1) is 5.82 Å². The van der Waals surface area contributed by atoms with E-state index in [-0.39, 0.29) is 5.82 Å². The van der Waals surface area contributed by atoms with Crippen LogP contribution >= 0.6 is 0 Å². The van der Waals surface area contributed by atoms with Gasteiger partial charge in [-0.15, -0.1) is 0 Å². The lowest BCUT2D eigenvalue weighted by atomic mass is 9.97. The molecule has 2 nitrogen and oxygen atoms in total. The van der Waals surface area contributed by atoms with Crippen LogP contribution in [0.2, 0.25) is 0 Å². The third-order valence-electron chi connectivity index (χ3n) is 3.20. The highest BCUT2D eigenvalue weighted by molar-refractivity contribution is 5.30. The largest absolute Gasteiger partial charge is 0.405 e. The number of nitrogens with one attached hydrogen (secondary N) is 1.